The molecule has 0 rings (SSSR count). The van der Waals surface area contributed by atoms with Gasteiger partial charge in [-0.05, 0) is 18.3 Å². The number of unbranched alkanes of at least 4 members (excludes halogenated alkanes) is 11. The van der Waals surface area contributed by atoms with Crippen LogP contribution in [0.25, 0.3) is 0 Å². The SMILES string of the molecule is CCCCCCCCCCCCCCC(C)CC(C)CC. The van der Waals surface area contributed by atoms with Crippen molar-refractivity contribution in [3.63, 3.8) is 0 Å². The fourth-order valence-electron chi connectivity index (χ4n) is 3.31. The predicted molar refractivity (Wildman–Crippen MR) is 98.9 cm³/mol. The van der Waals surface area contributed by atoms with Crippen molar-refractivity contribution in [3.05, 3.63) is 0 Å². The molecule has 0 aliphatic rings. The highest BCUT2D eigenvalue weighted by Crippen LogP contribution is 2.20. The van der Waals surface area contributed by atoms with Gasteiger partial charge in [-0.2, -0.15) is 0 Å². The highest BCUT2D eigenvalue weighted by Gasteiger charge is 2.06. The van der Waals surface area contributed by atoms with E-state index in [2.05, 4.69) is 27.7 Å². The lowest BCUT2D eigenvalue weighted by Gasteiger charge is -2.15. The zero-order chi connectivity index (χ0) is 15.8. The molecule has 0 heteroatoms. The van der Waals surface area contributed by atoms with Gasteiger partial charge in [-0.25, -0.2) is 0 Å². The van der Waals surface area contributed by atoms with E-state index in [-0.39, 0.29) is 0 Å². The molecule has 2 atom stereocenters. The molecule has 2 unspecified atom stereocenters. The van der Waals surface area contributed by atoms with Crippen LogP contribution in [0, 0.1) is 11.8 Å². The van der Waals surface area contributed by atoms with Gasteiger partial charge in [0.1, 0.15) is 0 Å². The van der Waals surface area contributed by atoms with E-state index in [1.165, 1.54) is 96.3 Å². The van der Waals surface area contributed by atoms with Gasteiger partial charge in [0.15, 0.2) is 0 Å². The summed E-state index contributed by atoms with van der Waals surface area (Å²) in [6.45, 7) is 9.47. The summed E-state index contributed by atoms with van der Waals surface area (Å²) in [5.41, 5.74) is 0. The van der Waals surface area contributed by atoms with Gasteiger partial charge >= 0.3 is 0 Å². The Morgan fingerprint density at radius 3 is 1.38 bits per heavy atom. The van der Waals surface area contributed by atoms with E-state index in [0.29, 0.717) is 0 Å². The largest absolute Gasteiger partial charge is 0.0654 e. The maximum atomic E-state index is 2.45. The fraction of sp³-hybridized carbons (Fsp3) is 1.00. The van der Waals surface area contributed by atoms with Crippen LogP contribution in [-0.2, 0) is 0 Å². The molecule has 0 heterocycles. The maximum Gasteiger partial charge on any atom is -0.0440 e. The molecule has 0 N–H and O–H groups in total. The zero-order valence-electron chi connectivity index (χ0n) is 15.8. The van der Waals surface area contributed by atoms with Gasteiger partial charge in [0.2, 0.25) is 0 Å². The summed E-state index contributed by atoms with van der Waals surface area (Å²) in [6.07, 6.45) is 21.8. The molecule has 0 aromatic carbocycles. The molecule has 0 aliphatic carbocycles. The Morgan fingerprint density at radius 2 is 0.952 bits per heavy atom. The van der Waals surface area contributed by atoms with E-state index in [1.807, 2.05) is 0 Å². The first-order valence-electron chi connectivity index (χ1n) is 10.2. The Morgan fingerprint density at radius 1 is 0.524 bits per heavy atom. The molecular weight excluding hydrogens is 252 g/mol. The molecule has 0 saturated carbocycles. The molecule has 0 spiro atoms. The molecule has 0 saturated heterocycles. The molecule has 0 aliphatic heterocycles. The van der Waals surface area contributed by atoms with Crippen molar-refractivity contribution in [1.29, 1.82) is 0 Å². The quantitative estimate of drug-likeness (QED) is 0.252. The van der Waals surface area contributed by atoms with Crippen molar-refractivity contribution < 1.29 is 0 Å². The fourth-order valence-corrected chi connectivity index (χ4v) is 3.31. The molecule has 0 amide bonds. The van der Waals surface area contributed by atoms with E-state index in [1.54, 1.807) is 0 Å². The van der Waals surface area contributed by atoms with Crippen LogP contribution in [0.5, 0.6) is 0 Å². The molecule has 0 bridgehead atoms. The summed E-state index contributed by atoms with van der Waals surface area (Å²) in [5, 5.41) is 0. The topological polar surface area (TPSA) is 0 Å². The van der Waals surface area contributed by atoms with Crippen molar-refractivity contribution in [2.45, 2.75) is 124 Å². The molecule has 0 aromatic heterocycles. The van der Waals surface area contributed by atoms with Crippen molar-refractivity contribution in [1.82, 2.24) is 0 Å². The van der Waals surface area contributed by atoms with Crippen LogP contribution in [-0.4, -0.2) is 0 Å². The minimum Gasteiger partial charge on any atom is -0.0654 e. The first-order valence-corrected chi connectivity index (χ1v) is 10.2. The standard InChI is InChI=1S/C21H44/c1-5-7-8-9-10-11-12-13-14-15-16-17-18-21(4)19-20(3)6-2/h20-21H,5-19H2,1-4H3. The summed E-state index contributed by atoms with van der Waals surface area (Å²) < 4.78 is 0. The van der Waals surface area contributed by atoms with E-state index in [0.717, 1.165) is 11.8 Å². The summed E-state index contributed by atoms with van der Waals surface area (Å²) in [5.74, 6) is 1.88. The van der Waals surface area contributed by atoms with Crippen LogP contribution in [0.2, 0.25) is 0 Å². The minimum atomic E-state index is 0.928. The summed E-state index contributed by atoms with van der Waals surface area (Å²) in [6, 6.07) is 0. The van der Waals surface area contributed by atoms with Gasteiger partial charge in [0, 0.05) is 0 Å². The lowest BCUT2D eigenvalue weighted by atomic mass is 9.91. The third-order valence-corrected chi connectivity index (χ3v) is 5.05. The lowest BCUT2D eigenvalue weighted by Crippen LogP contribution is -2.02. The van der Waals surface area contributed by atoms with Gasteiger partial charge in [-0.1, -0.05) is 118 Å². The third kappa shape index (κ3) is 16.2. The average molecular weight is 297 g/mol. The number of hydrogen-bond acceptors (Lipinski definition) is 0. The van der Waals surface area contributed by atoms with Crippen LogP contribution < -0.4 is 0 Å². The Kier molecular flexibility index (Phi) is 16.4. The van der Waals surface area contributed by atoms with E-state index in [4.69, 9.17) is 0 Å². The summed E-state index contributed by atoms with van der Waals surface area (Å²) >= 11 is 0. The zero-order valence-corrected chi connectivity index (χ0v) is 15.8. The lowest BCUT2D eigenvalue weighted by molar-refractivity contribution is 0.374. The van der Waals surface area contributed by atoms with Crippen LogP contribution in [0.4, 0.5) is 0 Å². The summed E-state index contributed by atoms with van der Waals surface area (Å²) in [7, 11) is 0. The number of rotatable bonds is 16. The van der Waals surface area contributed by atoms with Crippen LogP contribution in [0.15, 0.2) is 0 Å². The Hall–Kier alpha value is 0. The molecule has 0 nitrogen and oxygen atoms in total. The maximum absolute atomic E-state index is 2.45. The number of hydrogen-bond donors (Lipinski definition) is 0. The monoisotopic (exact) mass is 296 g/mol. The second kappa shape index (κ2) is 16.4. The molecule has 0 fully saturated rings. The van der Waals surface area contributed by atoms with Crippen molar-refractivity contribution in [2.75, 3.05) is 0 Å². The van der Waals surface area contributed by atoms with Gasteiger partial charge in [0.05, 0.1) is 0 Å². The van der Waals surface area contributed by atoms with Crippen LogP contribution in [0.1, 0.15) is 124 Å². The normalized spacial score (nSPS) is 14.3. The highest BCUT2D eigenvalue weighted by atomic mass is 14.1. The first kappa shape index (κ1) is 21.0. The first-order chi connectivity index (χ1) is 10.2. The van der Waals surface area contributed by atoms with Crippen LogP contribution in [0.3, 0.4) is 0 Å². The van der Waals surface area contributed by atoms with E-state index >= 15 is 0 Å². The van der Waals surface area contributed by atoms with Gasteiger partial charge in [-0.3, -0.25) is 0 Å². The second-order valence-corrected chi connectivity index (χ2v) is 7.53. The predicted octanol–water partition coefficient (Wildman–Crippen LogP) is 8.15. The second-order valence-electron chi connectivity index (χ2n) is 7.53. The molecule has 128 valence electrons. The minimum absolute atomic E-state index is 0.928. The molecule has 0 aromatic rings. The molecular formula is C21H44. The van der Waals surface area contributed by atoms with Crippen molar-refractivity contribution >= 4 is 0 Å². The highest BCUT2D eigenvalue weighted by molar-refractivity contribution is 4.59. The smallest absolute Gasteiger partial charge is 0.0440 e. The van der Waals surface area contributed by atoms with Crippen LogP contribution >= 0.6 is 0 Å². The Balaban J connectivity index is 3.12. The average Bonchev–Trinajstić information content (AvgIpc) is 2.48. The van der Waals surface area contributed by atoms with Gasteiger partial charge in [0.25, 0.3) is 0 Å². The molecule has 0 radical (unpaired) electrons. The molecule has 21 heavy (non-hydrogen) atoms. The Labute approximate surface area is 136 Å². The van der Waals surface area contributed by atoms with Gasteiger partial charge in [-0.15, -0.1) is 0 Å². The van der Waals surface area contributed by atoms with E-state index < -0.39 is 0 Å². The Bertz CT molecular complexity index is 184. The van der Waals surface area contributed by atoms with Gasteiger partial charge < -0.3 is 0 Å². The van der Waals surface area contributed by atoms with Crippen molar-refractivity contribution in [3.8, 4) is 0 Å². The van der Waals surface area contributed by atoms with E-state index in [9.17, 15) is 0 Å². The third-order valence-electron chi connectivity index (χ3n) is 5.05. The van der Waals surface area contributed by atoms with Crippen molar-refractivity contribution in [2.24, 2.45) is 11.8 Å². The summed E-state index contributed by atoms with van der Waals surface area (Å²) in [4.78, 5) is 0.